The number of amides is 2. The van der Waals surface area contributed by atoms with Crippen molar-refractivity contribution in [1.82, 2.24) is 30.9 Å². The van der Waals surface area contributed by atoms with E-state index in [-0.39, 0.29) is 5.56 Å². The highest BCUT2D eigenvalue weighted by molar-refractivity contribution is 6.05. The highest BCUT2D eigenvalue weighted by Gasteiger charge is 2.20. The molecule has 10 nitrogen and oxygen atoms in total. The number of aromatic amines is 1. The number of nitrogens with one attached hydrogen (secondary N) is 2. The number of aromatic nitrogens is 5. The van der Waals surface area contributed by atoms with Crippen molar-refractivity contribution in [3.05, 3.63) is 78.0 Å². The number of benzene rings is 2. The van der Waals surface area contributed by atoms with Crippen LogP contribution in [0.1, 0.15) is 29.3 Å². The largest absolute Gasteiger partial charge is 0.465 e. The van der Waals surface area contributed by atoms with Crippen molar-refractivity contribution >= 4 is 17.8 Å². The second kappa shape index (κ2) is 10.3. The lowest BCUT2D eigenvalue weighted by Gasteiger charge is -2.25. The van der Waals surface area contributed by atoms with Crippen LogP contribution in [0.3, 0.4) is 0 Å². The summed E-state index contributed by atoms with van der Waals surface area (Å²) in [6.45, 7) is 3.08. The number of imide groups is 1. The van der Waals surface area contributed by atoms with Gasteiger partial charge in [0.05, 0.1) is 5.56 Å². The summed E-state index contributed by atoms with van der Waals surface area (Å²) in [4.78, 5) is 29.8. The normalized spacial score (nSPS) is 10.6. The molecule has 0 aliphatic carbocycles. The first-order chi connectivity index (χ1) is 16.6. The number of hydrogen-bond acceptors (Lipinski definition) is 7. The standard InChI is InChI=1S/C24H23N7O3/c1-2-13-31(22-19(9-6-12-25-22)23(32)26-24(33)34)15-16-10-11-18(17-7-4-3-5-8-17)20(14-16)21-27-29-30-28-21/h3-12,14H,2,13,15H2,1H3,(H,26,32)(H,33,34)(H,27,28,29,30). The third kappa shape index (κ3) is 5.07. The minimum absolute atomic E-state index is 0.192. The predicted molar refractivity (Wildman–Crippen MR) is 126 cm³/mol. The van der Waals surface area contributed by atoms with Crippen molar-refractivity contribution in [2.24, 2.45) is 0 Å². The maximum atomic E-state index is 12.5. The summed E-state index contributed by atoms with van der Waals surface area (Å²) in [6.07, 6.45) is 0.970. The zero-order valence-corrected chi connectivity index (χ0v) is 18.5. The Kier molecular flexibility index (Phi) is 6.87. The number of hydrogen-bond donors (Lipinski definition) is 3. The number of rotatable bonds is 8. The molecule has 0 aliphatic rings. The van der Waals surface area contributed by atoms with Crippen LogP contribution in [0.4, 0.5) is 10.6 Å². The topological polar surface area (TPSA) is 137 Å². The van der Waals surface area contributed by atoms with E-state index in [2.05, 4.69) is 25.6 Å². The van der Waals surface area contributed by atoms with E-state index >= 15 is 0 Å². The Morgan fingerprint density at radius 1 is 1.06 bits per heavy atom. The molecule has 0 fully saturated rings. The van der Waals surface area contributed by atoms with Gasteiger partial charge < -0.3 is 10.0 Å². The van der Waals surface area contributed by atoms with Crippen LogP contribution in [0.25, 0.3) is 22.5 Å². The number of tetrazole rings is 1. The molecule has 0 saturated heterocycles. The monoisotopic (exact) mass is 457 g/mol. The van der Waals surface area contributed by atoms with Crippen molar-refractivity contribution in [3.8, 4) is 22.5 Å². The van der Waals surface area contributed by atoms with Crippen molar-refractivity contribution in [1.29, 1.82) is 0 Å². The summed E-state index contributed by atoms with van der Waals surface area (Å²) in [5, 5.41) is 25.4. The second-order valence-electron chi connectivity index (χ2n) is 7.54. The fourth-order valence-electron chi connectivity index (χ4n) is 3.76. The molecule has 172 valence electrons. The minimum Gasteiger partial charge on any atom is -0.465 e. The molecule has 4 aromatic rings. The summed E-state index contributed by atoms with van der Waals surface area (Å²) in [5.41, 5.74) is 3.95. The van der Waals surface area contributed by atoms with Gasteiger partial charge in [-0.05, 0) is 46.5 Å². The molecule has 10 heteroatoms. The van der Waals surface area contributed by atoms with Gasteiger partial charge in [-0.15, -0.1) is 10.2 Å². The molecule has 0 unspecified atom stereocenters. The Bertz CT molecular complexity index is 1280. The van der Waals surface area contributed by atoms with E-state index in [1.807, 2.05) is 65.7 Å². The zero-order valence-electron chi connectivity index (χ0n) is 18.5. The Labute approximate surface area is 195 Å². The van der Waals surface area contributed by atoms with Gasteiger partial charge in [-0.2, -0.15) is 5.21 Å². The van der Waals surface area contributed by atoms with Crippen LogP contribution in [-0.2, 0) is 6.54 Å². The molecule has 34 heavy (non-hydrogen) atoms. The van der Waals surface area contributed by atoms with E-state index in [0.29, 0.717) is 24.7 Å². The van der Waals surface area contributed by atoms with E-state index in [9.17, 15) is 9.59 Å². The molecule has 4 rings (SSSR count). The zero-order chi connectivity index (χ0) is 23.9. The van der Waals surface area contributed by atoms with Crippen LogP contribution in [0, 0.1) is 0 Å². The van der Waals surface area contributed by atoms with Gasteiger partial charge in [-0.3, -0.25) is 10.1 Å². The van der Waals surface area contributed by atoms with Crippen LogP contribution in [0.2, 0.25) is 0 Å². The van der Waals surface area contributed by atoms with Gasteiger partial charge in [-0.25, -0.2) is 9.78 Å². The first-order valence-electron chi connectivity index (χ1n) is 10.7. The number of carbonyl (C=O) groups is 2. The minimum atomic E-state index is -1.41. The van der Waals surface area contributed by atoms with Crippen LogP contribution in [0.5, 0.6) is 0 Å². The van der Waals surface area contributed by atoms with Gasteiger partial charge in [0.2, 0.25) is 5.82 Å². The van der Waals surface area contributed by atoms with Gasteiger partial charge in [0.25, 0.3) is 5.91 Å². The Hall–Kier alpha value is -4.60. The molecule has 2 aromatic heterocycles. The Morgan fingerprint density at radius 3 is 2.59 bits per heavy atom. The highest BCUT2D eigenvalue weighted by atomic mass is 16.4. The lowest BCUT2D eigenvalue weighted by Crippen LogP contribution is -2.32. The molecular formula is C24H23N7O3. The highest BCUT2D eigenvalue weighted by Crippen LogP contribution is 2.31. The van der Waals surface area contributed by atoms with Crippen LogP contribution < -0.4 is 10.2 Å². The number of carbonyl (C=O) groups excluding carboxylic acids is 1. The molecule has 0 atom stereocenters. The number of anilines is 1. The Balaban J connectivity index is 1.72. The molecule has 2 aromatic carbocycles. The summed E-state index contributed by atoms with van der Waals surface area (Å²) in [7, 11) is 0. The maximum Gasteiger partial charge on any atom is 0.411 e. The molecule has 0 bridgehead atoms. The fraction of sp³-hybridized carbons (Fsp3) is 0.167. The lowest BCUT2D eigenvalue weighted by atomic mass is 9.97. The van der Waals surface area contributed by atoms with E-state index in [1.165, 1.54) is 0 Å². The number of pyridine rings is 1. The average molecular weight is 457 g/mol. The lowest BCUT2D eigenvalue weighted by molar-refractivity contribution is 0.0948. The third-order valence-corrected chi connectivity index (χ3v) is 5.17. The molecule has 2 amide bonds. The quantitative estimate of drug-likeness (QED) is 0.364. The summed E-state index contributed by atoms with van der Waals surface area (Å²) < 4.78 is 0. The fourth-order valence-corrected chi connectivity index (χ4v) is 3.76. The molecule has 2 heterocycles. The predicted octanol–water partition coefficient (Wildman–Crippen LogP) is 3.75. The van der Waals surface area contributed by atoms with Crippen molar-refractivity contribution < 1.29 is 14.7 Å². The molecule has 0 aliphatic heterocycles. The van der Waals surface area contributed by atoms with E-state index in [1.54, 1.807) is 18.3 Å². The molecule has 0 saturated carbocycles. The molecular weight excluding hydrogens is 434 g/mol. The van der Waals surface area contributed by atoms with Gasteiger partial charge in [0.1, 0.15) is 5.82 Å². The number of carboxylic acid groups (broad SMARTS) is 1. The van der Waals surface area contributed by atoms with Gasteiger partial charge in [0, 0.05) is 24.8 Å². The molecule has 0 radical (unpaired) electrons. The van der Waals surface area contributed by atoms with Crippen LogP contribution in [-0.4, -0.2) is 49.3 Å². The summed E-state index contributed by atoms with van der Waals surface area (Å²) in [5.74, 6) is 0.169. The summed E-state index contributed by atoms with van der Waals surface area (Å²) in [6, 6.07) is 19.1. The number of nitrogens with zero attached hydrogens (tertiary/aromatic N) is 5. The second-order valence-corrected chi connectivity index (χ2v) is 7.54. The first kappa shape index (κ1) is 22.6. The van der Waals surface area contributed by atoms with Crippen molar-refractivity contribution in [2.75, 3.05) is 11.4 Å². The molecule has 3 N–H and O–H groups in total. The van der Waals surface area contributed by atoms with E-state index in [4.69, 9.17) is 5.11 Å². The smallest absolute Gasteiger partial charge is 0.411 e. The van der Waals surface area contributed by atoms with Crippen LogP contribution in [0.15, 0.2) is 66.9 Å². The van der Waals surface area contributed by atoms with Crippen molar-refractivity contribution in [2.45, 2.75) is 19.9 Å². The first-order valence-corrected chi connectivity index (χ1v) is 10.7. The van der Waals surface area contributed by atoms with E-state index in [0.717, 1.165) is 28.7 Å². The molecule has 0 spiro atoms. The third-order valence-electron chi connectivity index (χ3n) is 5.17. The van der Waals surface area contributed by atoms with E-state index < -0.39 is 12.0 Å². The van der Waals surface area contributed by atoms with Gasteiger partial charge >= 0.3 is 6.09 Å². The maximum absolute atomic E-state index is 12.5. The van der Waals surface area contributed by atoms with Crippen molar-refractivity contribution in [3.63, 3.8) is 0 Å². The summed E-state index contributed by atoms with van der Waals surface area (Å²) >= 11 is 0. The Morgan fingerprint density at radius 2 is 1.88 bits per heavy atom. The SMILES string of the molecule is CCCN(Cc1ccc(-c2ccccc2)c(-c2nn[nH]n2)c1)c1ncccc1C(=O)NC(=O)O. The average Bonchev–Trinajstić information content (AvgIpc) is 3.39. The van der Waals surface area contributed by atoms with Gasteiger partial charge in [-0.1, -0.05) is 49.4 Å². The van der Waals surface area contributed by atoms with Gasteiger partial charge in [0.15, 0.2) is 0 Å². The number of H-pyrrole nitrogens is 1. The van der Waals surface area contributed by atoms with Crippen LogP contribution >= 0.6 is 0 Å².